The second-order valence-electron chi connectivity index (χ2n) is 6.85. The van der Waals surface area contributed by atoms with E-state index in [0.29, 0.717) is 23.8 Å². The Morgan fingerprint density at radius 2 is 1.89 bits per heavy atom. The third-order valence-corrected chi connectivity index (χ3v) is 5.52. The van der Waals surface area contributed by atoms with E-state index in [1.807, 2.05) is 0 Å². The maximum absolute atomic E-state index is 12.4. The van der Waals surface area contributed by atoms with E-state index in [9.17, 15) is 4.79 Å². The maximum Gasteiger partial charge on any atom is 0.223 e. The van der Waals surface area contributed by atoms with Crippen molar-refractivity contribution < 1.29 is 4.79 Å². The molecule has 3 nitrogen and oxygen atoms in total. The van der Waals surface area contributed by atoms with Crippen molar-refractivity contribution in [2.75, 3.05) is 6.54 Å². The lowest BCUT2D eigenvalue weighted by Crippen LogP contribution is -2.46. The van der Waals surface area contributed by atoms with E-state index < -0.39 is 0 Å². The van der Waals surface area contributed by atoms with Gasteiger partial charge in [0.05, 0.1) is 0 Å². The third kappa shape index (κ3) is 3.71. The molecule has 0 radical (unpaired) electrons. The molecule has 0 saturated heterocycles. The molecule has 0 aromatic heterocycles. The first-order valence-corrected chi connectivity index (χ1v) is 8.12. The molecule has 3 N–H and O–H groups in total. The minimum Gasteiger partial charge on any atom is -0.353 e. The van der Waals surface area contributed by atoms with Gasteiger partial charge in [-0.2, -0.15) is 0 Å². The van der Waals surface area contributed by atoms with Crippen LogP contribution in [0, 0.1) is 23.7 Å². The standard InChI is InChI=1S/C16H30N2O/c1-11-5-3-8-15(12(11)2)18-16(19)14-7-4-6-13(9-14)10-17/h11-15H,3-10,17H2,1-2H3,(H,18,19). The van der Waals surface area contributed by atoms with E-state index in [1.165, 1.54) is 19.3 Å². The molecular formula is C16H30N2O. The minimum atomic E-state index is 0.215. The van der Waals surface area contributed by atoms with Crippen molar-refractivity contribution >= 4 is 5.91 Å². The molecule has 5 unspecified atom stereocenters. The average Bonchev–Trinajstić information content (AvgIpc) is 2.44. The van der Waals surface area contributed by atoms with Crippen LogP contribution in [0.4, 0.5) is 0 Å². The summed E-state index contributed by atoms with van der Waals surface area (Å²) in [6.45, 7) is 5.34. The van der Waals surface area contributed by atoms with Gasteiger partial charge in [-0.15, -0.1) is 0 Å². The molecule has 2 rings (SSSR count). The fourth-order valence-electron chi connectivity index (χ4n) is 3.83. The van der Waals surface area contributed by atoms with Crippen molar-refractivity contribution in [3.8, 4) is 0 Å². The zero-order valence-electron chi connectivity index (χ0n) is 12.5. The van der Waals surface area contributed by atoms with Crippen molar-refractivity contribution in [3.63, 3.8) is 0 Å². The Bertz CT molecular complexity index is 305. The van der Waals surface area contributed by atoms with Gasteiger partial charge in [-0.25, -0.2) is 0 Å². The van der Waals surface area contributed by atoms with Crippen molar-refractivity contribution in [2.24, 2.45) is 29.4 Å². The van der Waals surface area contributed by atoms with E-state index in [4.69, 9.17) is 5.73 Å². The van der Waals surface area contributed by atoms with Crippen LogP contribution in [0.3, 0.4) is 0 Å². The Morgan fingerprint density at radius 1 is 1.16 bits per heavy atom. The molecule has 5 atom stereocenters. The summed E-state index contributed by atoms with van der Waals surface area (Å²) < 4.78 is 0. The lowest BCUT2D eigenvalue weighted by Gasteiger charge is -2.36. The summed E-state index contributed by atoms with van der Waals surface area (Å²) in [6.07, 6.45) is 8.15. The highest BCUT2D eigenvalue weighted by atomic mass is 16.1. The molecule has 1 amide bonds. The number of rotatable bonds is 3. The molecule has 2 aliphatic rings. The smallest absolute Gasteiger partial charge is 0.223 e. The lowest BCUT2D eigenvalue weighted by molar-refractivity contribution is -0.127. The summed E-state index contributed by atoms with van der Waals surface area (Å²) in [5.74, 6) is 2.43. The molecule has 2 fully saturated rings. The van der Waals surface area contributed by atoms with Gasteiger partial charge in [0.1, 0.15) is 0 Å². The molecule has 2 saturated carbocycles. The summed E-state index contributed by atoms with van der Waals surface area (Å²) in [4.78, 5) is 12.4. The normalized spacial score (nSPS) is 39.8. The van der Waals surface area contributed by atoms with Crippen LogP contribution in [0.5, 0.6) is 0 Å². The molecule has 110 valence electrons. The van der Waals surface area contributed by atoms with Gasteiger partial charge in [0, 0.05) is 12.0 Å². The van der Waals surface area contributed by atoms with Gasteiger partial charge in [-0.3, -0.25) is 4.79 Å². The summed E-state index contributed by atoms with van der Waals surface area (Å²) in [6, 6.07) is 0.398. The zero-order valence-corrected chi connectivity index (χ0v) is 12.5. The van der Waals surface area contributed by atoms with Crippen LogP contribution >= 0.6 is 0 Å². The Hall–Kier alpha value is -0.570. The van der Waals surface area contributed by atoms with E-state index in [1.54, 1.807) is 0 Å². The van der Waals surface area contributed by atoms with Crippen molar-refractivity contribution in [3.05, 3.63) is 0 Å². The summed E-state index contributed by atoms with van der Waals surface area (Å²) >= 11 is 0. The molecule has 0 aromatic carbocycles. The highest BCUT2D eigenvalue weighted by Gasteiger charge is 2.32. The summed E-state index contributed by atoms with van der Waals surface area (Å²) in [5, 5.41) is 3.33. The molecule has 2 aliphatic carbocycles. The number of nitrogens with two attached hydrogens (primary N) is 1. The minimum absolute atomic E-state index is 0.215. The van der Waals surface area contributed by atoms with Crippen LogP contribution in [0.15, 0.2) is 0 Å². The lowest BCUT2D eigenvalue weighted by atomic mass is 9.77. The predicted octanol–water partition coefficient (Wildman–Crippen LogP) is 2.69. The number of hydrogen-bond acceptors (Lipinski definition) is 2. The number of carbonyl (C=O) groups excluding carboxylic acids is 1. The first-order valence-electron chi connectivity index (χ1n) is 8.12. The van der Waals surface area contributed by atoms with Gasteiger partial charge in [0.2, 0.25) is 5.91 Å². The zero-order chi connectivity index (χ0) is 13.8. The summed E-state index contributed by atoms with van der Waals surface area (Å²) in [5.41, 5.74) is 5.76. The Labute approximate surface area is 117 Å². The van der Waals surface area contributed by atoms with Crippen molar-refractivity contribution in [1.82, 2.24) is 5.32 Å². The molecule has 0 bridgehead atoms. The average molecular weight is 266 g/mol. The quantitative estimate of drug-likeness (QED) is 0.825. The first-order chi connectivity index (χ1) is 9.11. The number of carbonyl (C=O) groups is 1. The molecule has 3 heteroatoms. The van der Waals surface area contributed by atoms with Gasteiger partial charge in [-0.1, -0.05) is 33.1 Å². The second-order valence-corrected chi connectivity index (χ2v) is 6.85. The van der Waals surface area contributed by atoms with E-state index in [0.717, 1.165) is 38.1 Å². The molecular weight excluding hydrogens is 236 g/mol. The van der Waals surface area contributed by atoms with Crippen molar-refractivity contribution in [1.29, 1.82) is 0 Å². The molecule has 0 heterocycles. The van der Waals surface area contributed by atoms with Crippen LogP contribution in [0.25, 0.3) is 0 Å². The van der Waals surface area contributed by atoms with Crippen LogP contribution in [0.1, 0.15) is 58.8 Å². The Balaban J connectivity index is 1.86. The predicted molar refractivity (Wildman–Crippen MR) is 78.6 cm³/mol. The van der Waals surface area contributed by atoms with Crippen molar-refractivity contribution in [2.45, 2.75) is 64.8 Å². The van der Waals surface area contributed by atoms with E-state index >= 15 is 0 Å². The Kier molecular flexibility index (Phi) is 5.26. The van der Waals surface area contributed by atoms with Crippen LogP contribution in [-0.2, 0) is 4.79 Å². The number of nitrogens with one attached hydrogen (secondary N) is 1. The third-order valence-electron chi connectivity index (χ3n) is 5.52. The molecule has 19 heavy (non-hydrogen) atoms. The van der Waals surface area contributed by atoms with Crippen LogP contribution in [0.2, 0.25) is 0 Å². The number of hydrogen-bond donors (Lipinski definition) is 2. The summed E-state index contributed by atoms with van der Waals surface area (Å²) in [7, 11) is 0. The SMILES string of the molecule is CC1CCCC(NC(=O)C2CCCC(CN)C2)C1C. The van der Waals surface area contributed by atoms with Gasteiger partial charge >= 0.3 is 0 Å². The monoisotopic (exact) mass is 266 g/mol. The highest BCUT2D eigenvalue weighted by molar-refractivity contribution is 5.79. The molecule has 0 aromatic rings. The maximum atomic E-state index is 12.4. The molecule has 0 aliphatic heterocycles. The fraction of sp³-hybridized carbons (Fsp3) is 0.938. The van der Waals surface area contributed by atoms with Gasteiger partial charge in [0.25, 0.3) is 0 Å². The van der Waals surface area contributed by atoms with Gasteiger partial charge in [0.15, 0.2) is 0 Å². The van der Waals surface area contributed by atoms with Gasteiger partial charge in [-0.05, 0) is 50.0 Å². The van der Waals surface area contributed by atoms with Gasteiger partial charge < -0.3 is 11.1 Å². The van der Waals surface area contributed by atoms with E-state index in [2.05, 4.69) is 19.2 Å². The molecule has 0 spiro atoms. The highest BCUT2D eigenvalue weighted by Crippen LogP contribution is 2.32. The number of amides is 1. The van der Waals surface area contributed by atoms with Crippen LogP contribution < -0.4 is 11.1 Å². The van der Waals surface area contributed by atoms with Crippen LogP contribution in [-0.4, -0.2) is 18.5 Å². The topological polar surface area (TPSA) is 55.1 Å². The second kappa shape index (κ2) is 6.74. The first kappa shape index (κ1) is 14.8. The van der Waals surface area contributed by atoms with E-state index in [-0.39, 0.29) is 5.92 Å². The Morgan fingerprint density at radius 3 is 2.63 bits per heavy atom. The largest absolute Gasteiger partial charge is 0.353 e. The fourth-order valence-corrected chi connectivity index (χ4v) is 3.83.